The van der Waals surface area contributed by atoms with Gasteiger partial charge in [0.1, 0.15) is 0 Å². The van der Waals surface area contributed by atoms with Crippen molar-refractivity contribution in [2.24, 2.45) is 0 Å². The number of rotatable bonds is 3. The van der Waals surface area contributed by atoms with E-state index in [0.717, 1.165) is 12.8 Å². The molecule has 0 bridgehead atoms. The van der Waals surface area contributed by atoms with Crippen LogP contribution in [0.4, 0.5) is 0 Å². The van der Waals surface area contributed by atoms with E-state index in [-0.39, 0.29) is 0 Å². The van der Waals surface area contributed by atoms with E-state index < -0.39 is 0 Å². The highest BCUT2D eigenvalue weighted by Gasteiger charge is 2.01. The molecule has 0 saturated carbocycles. The molecule has 0 spiro atoms. The summed E-state index contributed by atoms with van der Waals surface area (Å²) in [5, 5.41) is 0. The SMILES string of the molecule is C1=CCC=CC(Cc2cccc(-c3ccccc3)c2)=C1. The van der Waals surface area contributed by atoms with Gasteiger partial charge in [-0.1, -0.05) is 85.0 Å². The predicted molar refractivity (Wildman–Crippen MR) is 86.6 cm³/mol. The van der Waals surface area contributed by atoms with Crippen LogP contribution in [0.3, 0.4) is 0 Å². The molecule has 0 fully saturated rings. The lowest BCUT2D eigenvalue weighted by molar-refractivity contribution is 1.20. The monoisotopic (exact) mass is 258 g/mol. The van der Waals surface area contributed by atoms with E-state index >= 15 is 0 Å². The smallest absolute Gasteiger partial charge is 0.00257 e. The van der Waals surface area contributed by atoms with E-state index in [1.54, 1.807) is 0 Å². The Balaban J connectivity index is 1.85. The lowest BCUT2D eigenvalue weighted by atomic mass is 9.99. The van der Waals surface area contributed by atoms with Gasteiger partial charge in [0, 0.05) is 0 Å². The molecule has 0 nitrogen and oxygen atoms in total. The molecule has 2 aromatic carbocycles. The molecule has 0 aromatic heterocycles. The number of hydrogen-bond donors (Lipinski definition) is 0. The second-order valence-corrected chi connectivity index (χ2v) is 5.05. The van der Waals surface area contributed by atoms with Gasteiger partial charge in [-0.05, 0) is 35.1 Å². The molecule has 98 valence electrons. The average Bonchev–Trinajstić information content (AvgIpc) is 2.77. The molecular formula is C20H18. The standard InChI is InChI=1S/C20H18/c1-2-5-10-17(9-4-1)15-18-11-8-14-20(16-18)19-12-6-3-7-13-19/h1,3-14,16H,2,15H2. The van der Waals surface area contributed by atoms with Crippen LogP contribution >= 0.6 is 0 Å². The van der Waals surface area contributed by atoms with Gasteiger partial charge < -0.3 is 0 Å². The molecule has 20 heavy (non-hydrogen) atoms. The molecule has 0 unspecified atom stereocenters. The Kier molecular flexibility index (Phi) is 3.93. The Morgan fingerprint density at radius 2 is 1.65 bits per heavy atom. The van der Waals surface area contributed by atoms with Crippen LogP contribution in [0.25, 0.3) is 11.1 Å². The minimum absolute atomic E-state index is 0.988. The molecule has 0 amide bonds. The van der Waals surface area contributed by atoms with Crippen LogP contribution in [0.5, 0.6) is 0 Å². The summed E-state index contributed by atoms with van der Waals surface area (Å²) >= 11 is 0. The van der Waals surface area contributed by atoms with Gasteiger partial charge in [-0.15, -0.1) is 0 Å². The first kappa shape index (κ1) is 12.7. The first-order valence-corrected chi connectivity index (χ1v) is 7.08. The first-order valence-electron chi connectivity index (χ1n) is 7.08. The van der Waals surface area contributed by atoms with Gasteiger partial charge in [-0.3, -0.25) is 0 Å². The molecule has 0 heterocycles. The zero-order chi connectivity index (χ0) is 13.6. The topological polar surface area (TPSA) is 0 Å². The summed E-state index contributed by atoms with van der Waals surface area (Å²) in [5.74, 6) is 0. The molecule has 0 saturated heterocycles. The molecule has 0 radical (unpaired) electrons. The van der Waals surface area contributed by atoms with E-state index in [1.807, 2.05) is 0 Å². The highest BCUT2D eigenvalue weighted by Crippen LogP contribution is 2.22. The zero-order valence-corrected chi connectivity index (χ0v) is 11.5. The maximum Gasteiger partial charge on any atom is -0.00257 e. The second kappa shape index (κ2) is 6.21. The fourth-order valence-corrected chi connectivity index (χ4v) is 2.47. The van der Waals surface area contributed by atoms with Crippen molar-refractivity contribution in [3.05, 3.63) is 96.1 Å². The van der Waals surface area contributed by atoms with Gasteiger partial charge in [0.05, 0.1) is 0 Å². The Morgan fingerprint density at radius 1 is 0.800 bits per heavy atom. The molecule has 1 aliphatic carbocycles. The van der Waals surface area contributed by atoms with Crippen LogP contribution in [0, 0.1) is 0 Å². The molecular weight excluding hydrogens is 240 g/mol. The Labute approximate surface area is 120 Å². The van der Waals surface area contributed by atoms with Crippen LogP contribution in [0.1, 0.15) is 12.0 Å². The number of hydrogen-bond acceptors (Lipinski definition) is 0. The lowest BCUT2D eigenvalue weighted by Crippen LogP contribution is -1.88. The molecule has 3 rings (SSSR count). The Morgan fingerprint density at radius 3 is 2.55 bits per heavy atom. The summed E-state index contributed by atoms with van der Waals surface area (Å²) in [6.45, 7) is 0. The van der Waals surface area contributed by atoms with Crippen LogP contribution < -0.4 is 0 Å². The van der Waals surface area contributed by atoms with Crippen molar-refractivity contribution in [3.8, 4) is 11.1 Å². The average molecular weight is 258 g/mol. The van der Waals surface area contributed by atoms with Crippen molar-refractivity contribution < 1.29 is 0 Å². The van der Waals surface area contributed by atoms with Gasteiger partial charge in [0.15, 0.2) is 0 Å². The van der Waals surface area contributed by atoms with Gasteiger partial charge in [-0.25, -0.2) is 0 Å². The summed E-state index contributed by atoms with van der Waals surface area (Å²) in [4.78, 5) is 0. The van der Waals surface area contributed by atoms with Gasteiger partial charge in [0.2, 0.25) is 0 Å². The normalized spacial score (nSPS) is 13.9. The highest BCUT2D eigenvalue weighted by molar-refractivity contribution is 5.64. The van der Waals surface area contributed by atoms with Crippen molar-refractivity contribution in [1.29, 1.82) is 0 Å². The number of benzene rings is 2. The van der Waals surface area contributed by atoms with Crippen LogP contribution in [-0.4, -0.2) is 0 Å². The lowest BCUT2D eigenvalue weighted by Gasteiger charge is -2.06. The van der Waals surface area contributed by atoms with Crippen molar-refractivity contribution in [2.45, 2.75) is 12.8 Å². The maximum atomic E-state index is 2.29. The van der Waals surface area contributed by atoms with Crippen LogP contribution in [0.15, 0.2) is 90.6 Å². The Bertz CT molecular complexity index is 657. The van der Waals surface area contributed by atoms with Crippen molar-refractivity contribution in [3.63, 3.8) is 0 Å². The fraction of sp³-hybridized carbons (Fsp3) is 0.100. The molecule has 0 atom stereocenters. The van der Waals surface area contributed by atoms with Gasteiger partial charge in [-0.2, -0.15) is 0 Å². The summed E-state index contributed by atoms with van der Waals surface area (Å²) in [5.41, 5.74) is 5.29. The summed E-state index contributed by atoms with van der Waals surface area (Å²) in [7, 11) is 0. The van der Waals surface area contributed by atoms with Crippen molar-refractivity contribution >= 4 is 0 Å². The van der Waals surface area contributed by atoms with Gasteiger partial charge >= 0.3 is 0 Å². The maximum absolute atomic E-state index is 2.29. The third-order valence-electron chi connectivity index (χ3n) is 3.49. The van der Waals surface area contributed by atoms with E-state index in [1.165, 1.54) is 22.3 Å². The van der Waals surface area contributed by atoms with E-state index in [9.17, 15) is 0 Å². The summed E-state index contributed by atoms with van der Waals surface area (Å²) in [6.07, 6.45) is 13.0. The van der Waals surface area contributed by atoms with Crippen molar-refractivity contribution in [2.75, 3.05) is 0 Å². The zero-order valence-electron chi connectivity index (χ0n) is 11.5. The first-order chi connectivity index (χ1) is 9.92. The van der Waals surface area contributed by atoms with Gasteiger partial charge in [0.25, 0.3) is 0 Å². The molecule has 0 aliphatic heterocycles. The quantitative estimate of drug-likeness (QED) is 0.697. The predicted octanol–water partition coefficient (Wildman–Crippen LogP) is 5.34. The minimum atomic E-state index is 0.988. The molecule has 2 aromatic rings. The summed E-state index contributed by atoms with van der Waals surface area (Å²) < 4.78 is 0. The fourth-order valence-electron chi connectivity index (χ4n) is 2.47. The van der Waals surface area contributed by atoms with Crippen molar-refractivity contribution in [1.82, 2.24) is 0 Å². The second-order valence-electron chi connectivity index (χ2n) is 5.05. The number of allylic oxidation sites excluding steroid dienone is 6. The Hall–Kier alpha value is -2.34. The third-order valence-corrected chi connectivity index (χ3v) is 3.49. The molecule has 0 heteroatoms. The third kappa shape index (κ3) is 3.16. The van der Waals surface area contributed by atoms with Crippen LogP contribution in [-0.2, 0) is 6.42 Å². The molecule has 0 N–H and O–H groups in total. The van der Waals surface area contributed by atoms with E-state index in [0.29, 0.717) is 0 Å². The minimum Gasteiger partial charge on any atom is -0.0807 e. The highest BCUT2D eigenvalue weighted by atomic mass is 14.1. The molecule has 1 aliphatic rings. The van der Waals surface area contributed by atoms with E-state index in [2.05, 4.69) is 85.0 Å². The van der Waals surface area contributed by atoms with E-state index in [4.69, 9.17) is 0 Å². The largest absolute Gasteiger partial charge is 0.0807 e. The van der Waals surface area contributed by atoms with Crippen LogP contribution in [0.2, 0.25) is 0 Å². The summed E-state index contributed by atoms with van der Waals surface area (Å²) in [6, 6.07) is 19.4.